The van der Waals surface area contributed by atoms with Crippen molar-refractivity contribution in [2.24, 2.45) is 5.73 Å². The van der Waals surface area contributed by atoms with Crippen molar-refractivity contribution in [3.63, 3.8) is 0 Å². The Morgan fingerprint density at radius 1 is 1.18 bits per heavy atom. The summed E-state index contributed by atoms with van der Waals surface area (Å²) in [6, 6.07) is 16.7. The van der Waals surface area contributed by atoms with E-state index in [9.17, 15) is 0 Å². The number of hydrogen-bond donors (Lipinski definition) is 1. The maximum Gasteiger partial charge on any atom is 0.121 e. The number of benzene rings is 2. The summed E-state index contributed by atoms with van der Waals surface area (Å²) in [5.41, 5.74) is 9.09. The minimum absolute atomic E-state index is 0.209. The Morgan fingerprint density at radius 2 is 1.95 bits per heavy atom. The largest absolute Gasteiger partial charge is 0.497 e. The minimum atomic E-state index is 0.209. The molecule has 1 atom stereocenters. The van der Waals surface area contributed by atoms with Gasteiger partial charge in [-0.25, -0.2) is 4.98 Å². The Morgan fingerprint density at radius 3 is 2.64 bits per heavy atom. The third kappa shape index (κ3) is 2.57. The number of methoxy groups -OCH3 is 1. The molecule has 3 rings (SSSR count). The lowest BCUT2D eigenvalue weighted by Crippen LogP contribution is -2.14. The number of ether oxygens (including phenoxy) is 1. The van der Waals surface area contributed by atoms with Gasteiger partial charge in [0, 0.05) is 12.5 Å². The molecule has 1 unspecified atom stereocenters. The molecular formula is C18H21N3O. The van der Waals surface area contributed by atoms with Crippen LogP contribution >= 0.6 is 0 Å². The molecule has 0 saturated carbocycles. The zero-order valence-corrected chi connectivity index (χ0v) is 13.0. The van der Waals surface area contributed by atoms with Gasteiger partial charge >= 0.3 is 0 Å². The lowest BCUT2D eigenvalue weighted by Gasteiger charge is -2.18. The van der Waals surface area contributed by atoms with Crippen molar-refractivity contribution >= 4 is 11.0 Å². The maximum atomic E-state index is 5.77. The molecule has 4 nitrogen and oxygen atoms in total. The Kier molecular flexibility index (Phi) is 4.11. The lowest BCUT2D eigenvalue weighted by atomic mass is 10.1. The number of fused-ring (bicyclic) bond motifs is 1. The predicted octanol–water partition coefficient (Wildman–Crippen LogP) is 3.16. The van der Waals surface area contributed by atoms with Crippen LogP contribution in [0.3, 0.4) is 0 Å². The van der Waals surface area contributed by atoms with Crippen molar-refractivity contribution in [1.29, 1.82) is 0 Å². The average molecular weight is 295 g/mol. The first-order valence-corrected chi connectivity index (χ1v) is 7.54. The number of rotatable bonds is 5. The van der Waals surface area contributed by atoms with E-state index in [-0.39, 0.29) is 6.04 Å². The van der Waals surface area contributed by atoms with Crippen LogP contribution < -0.4 is 10.5 Å². The van der Waals surface area contributed by atoms with Gasteiger partial charge in [0.1, 0.15) is 11.6 Å². The number of imidazole rings is 1. The monoisotopic (exact) mass is 295 g/mol. The van der Waals surface area contributed by atoms with Crippen LogP contribution in [0.4, 0.5) is 0 Å². The standard InChI is InChI=1S/C18H21N3O/c1-13(14-6-4-3-5-7-14)21-17-9-8-15(22-2)12-16(17)20-18(21)10-11-19/h3-9,12-13H,10-11,19H2,1-2H3. The van der Waals surface area contributed by atoms with Gasteiger partial charge in [-0.2, -0.15) is 0 Å². The van der Waals surface area contributed by atoms with E-state index in [0.717, 1.165) is 29.0 Å². The van der Waals surface area contributed by atoms with Crippen LogP contribution in [-0.4, -0.2) is 23.2 Å². The molecule has 0 aliphatic heterocycles. The molecule has 0 spiro atoms. The van der Waals surface area contributed by atoms with Crippen molar-refractivity contribution in [2.75, 3.05) is 13.7 Å². The molecule has 1 aromatic heterocycles. The zero-order chi connectivity index (χ0) is 15.5. The van der Waals surface area contributed by atoms with E-state index in [1.165, 1.54) is 5.56 Å². The summed E-state index contributed by atoms with van der Waals surface area (Å²) in [4.78, 5) is 4.76. The van der Waals surface area contributed by atoms with Crippen molar-refractivity contribution in [2.45, 2.75) is 19.4 Å². The smallest absolute Gasteiger partial charge is 0.121 e. The molecule has 4 heteroatoms. The summed E-state index contributed by atoms with van der Waals surface area (Å²) in [5.74, 6) is 1.84. The van der Waals surface area contributed by atoms with Crippen LogP contribution in [0, 0.1) is 0 Å². The second kappa shape index (κ2) is 6.20. The topological polar surface area (TPSA) is 53.1 Å². The SMILES string of the molecule is COc1ccc2c(c1)nc(CCN)n2C(C)c1ccccc1. The molecule has 0 radical (unpaired) electrons. The zero-order valence-electron chi connectivity index (χ0n) is 13.0. The third-order valence-electron chi connectivity index (χ3n) is 4.01. The molecule has 0 aliphatic rings. The van der Waals surface area contributed by atoms with Crippen LogP contribution in [0.15, 0.2) is 48.5 Å². The quantitative estimate of drug-likeness (QED) is 0.786. The third-order valence-corrected chi connectivity index (χ3v) is 4.01. The van der Waals surface area contributed by atoms with E-state index in [4.69, 9.17) is 15.5 Å². The highest BCUT2D eigenvalue weighted by Crippen LogP contribution is 2.28. The van der Waals surface area contributed by atoms with E-state index in [0.29, 0.717) is 6.54 Å². The Bertz CT molecular complexity index is 765. The molecule has 114 valence electrons. The Labute approximate surface area is 130 Å². The van der Waals surface area contributed by atoms with Gasteiger partial charge in [-0.05, 0) is 31.2 Å². The average Bonchev–Trinajstić information content (AvgIpc) is 2.92. The fourth-order valence-electron chi connectivity index (χ4n) is 2.87. The molecule has 0 bridgehead atoms. The van der Waals surface area contributed by atoms with Crippen molar-refractivity contribution in [1.82, 2.24) is 9.55 Å². The van der Waals surface area contributed by atoms with Gasteiger partial charge in [-0.15, -0.1) is 0 Å². The van der Waals surface area contributed by atoms with E-state index in [1.807, 2.05) is 18.2 Å². The van der Waals surface area contributed by atoms with Gasteiger partial charge in [-0.3, -0.25) is 0 Å². The normalized spacial score (nSPS) is 12.5. The first-order chi connectivity index (χ1) is 10.7. The molecule has 2 aromatic carbocycles. The number of nitrogens with two attached hydrogens (primary N) is 1. The number of aromatic nitrogens is 2. The highest BCUT2D eigenvalue weighted by atomic mass is 16.5. The first-order valence-electron chi connectivity index (χ1n) is 7.54. The summed E-state index contributed by atoms with van der Waals surface area (Å²) in [5, 5.41) is 0. The van der Waals surface area contributed by atoms with Gasteiger partial charge < -0.3 is 15.0 Å². The van der Waals surface area contributed by atoms with Crippen molar-refractivity contribution < 1.29 is 4.74 Å². The molecular weight excluding hydrogens is 274 g/mol. The number of hydrogen-bond acceptors (Lipinski definition) is 3. The Balaban J connectivity index is 2.15. The van der Waals surface area contributed by atoms with Crippen molar-refractivity contribution in [3.05, 3.63) is 59.9 Å². The van der Waals surface area contributed by atoms with Gasteiger partial charge in [-0.1, -0.05) is 30.3 Å². The van der Waals surface area contributed by atoms with Gasteiger partial charge in [0.15, 0.2) is 0 Å². The molecule has 0 saturated heterocycles. The summed E-state index contributed by atoms with van der Waals surface area (Å²) in [6.07, 6.45) is 0.758. The van der Waals surface area contributed by atoms with Crippen LogP contribution in [0.1, 0.15) is 24.4 Å². The van der Waals surface area contributed by atoms with Crippen molar-refractivity contribution in [3.8, 4) is 5.75 Å². The van der Waals surface area contributed by atoms with E-state index in [2.05, 4.69) is 41.8 Å². The fraction of sp³-hybridized carbons (Fsp3) is 0.278. The molecule has 22 heavy (non-hydrogen) atoms. The summed E-state index contributed by atoms with van der Waals surface area (Å²) in [6.45, 7) is 2.78. The van der Waals surface area contributed by atoms with E-state index < -0.39 is 0 Å². The van der Waals surface area contributed by atoms with Crippen LogP contribution in [-0.2, 0) is 6.42 Å². The highest BCUT2D eigenvalue weighted by Gasteiger charge is 2.17. The van der Waals surface area contributed by atoms with Gasteiger partial charge in [0.25, 0.3) is 0 Å². The summed E-state index contributed by atoms with van der Waals surface area (Å²) >= 11 is 0. The van der Waals surface area contributed by atoms with E-state index >= 15 is 0 Å². The van der Waals surface area contributed by atoms with Crippen LogP contribution in [0.5, 0.6) is 5.75 Å². The lowest BCUT2D eigenvalue weighted by molar-refractivity contribution is 0.415. The highest BCUT2D eigenvalue weighted by molar-refractivity contribution is 5.78. The van der Waals surface area contributed by atoms with Gasteiger partial charge in [0.2, 0.25) is 0 Å². The first kappa shape index (κ1) is 14.6. The second-order valence-corrected chi connectivity index (χ2v) is 5.38. The van der Waals surface area contributed by atoms with Crippen LogP contribution in [0.2, 0.25) is 0 Å². The molecule has 1 heterocycles. The second-order valence-electron chi connectivity index (χ2n) is 5.38. The molecule has 3 aromatic rings. The molecule has 2 N–H and O–H groups in total. The van der Waals surface area contributed by atoms with Crippen LogP contribution in [0.25, 0.3) is 11.0 Å². The van der Waals surface area contributed by atoms with Gasteiger partial charge in [0.05, 0.1) is 24.2 Å². The number of nitrogens with zero attached hydrogens (tertiary/aromatic N) is 2. The van der Waals surface area contributed by atoms with E-state index in [1.54, 1.807) is 7.11 Å². The predicted molar refractivity (Wildman–Crippen MR) is 89.3 cm³/mol. The fourth-order valence-corrected chi connectivity index (χ4v) is 2.87. The molecule has 0 amide bonds. The summed E-state index contributed by atoms with van der Waals surface area (Å²) < 4.78 is 7.58. The Hall–Kier alpha value is -2.33. The molecule has 0 fully saturated rings. The maximum absolute atomic E-state index is 5.77. The molecule has 0 aliphatic carbocycles. The summed E-state index contributed by atoms with van der Waals surface area (Å²) in [7, 11) is 1.67. The minimum Gasteiger partial charge on any atom is -0.497 e.